The number of nitrogens with zero attached hydrogens (tertiary/aromatic N) is 1. The van der Waals surface area contributed by atoms with E-state index in [0.717, 1.165) is 16.8 Å². The van der Waals surface area contributed by atoms with Gasteiger partial charge < -0.3 is 9.84 Å². The third-order valence-corrected chi connectivity index (χ3v) is 4.19. The van der Waals surface area contributed by atoms with Gasteiger partial charge >= 0.3 is 5.97 Å². The van der Waals surface area contributed by atoms with Crippen molar-refractivity contribution in [3.05, 3.63) is 82.6 Å². The molecule has 4 nitrogen and oxygen atoms in total. The van der Waals surface area contributed by atoms with E-state index in [2.05, 4.69) is 4.98 Å². The summed E-state index contributed by atoms with van der Waals surface area (Å²) in [6.45, 7) is 2.25. The second-order valence-electron chi connectivity index (χ2n) is 5.55. The lowest BCUT2D eigenvalue weighted by molar-refractivity contribution is 0.0697. The van der Waals surface area contributed by atoms with Gasteiger partial charge in [-0.25, -0.2) is 4.79 Å². The first-order valence-electron chi connectivity index (χ1n) is 7.72. The normalized spacial score (nSPS) is 10.5. The average molecular weight is 354 g/mol. The molecule has 1 aromatic heterocycles. The number of benzene rings is 2. The van der Waals surface area contributed by atoms with Crippen LogP contribution in [0.2, 0.25) is 5.02 Å². The van der Waals surface area contributed by atoms with Gasteiger partial charge in [-0.3, -0.25) is 4.98 Å². The van der Waals surface area contributed by atoms with Crippen LogP contribution in [0.1, 0.15) is 21.6 Å². The molecular weight excluding hydrogens is 338 g/mol. The van der Waals surface area contributed by atoms with E-state index in [-0.39, 0.29) is 12.2 Å². The predicted molar refractivity (Wildman–Crippen MR) is 97.2 cm³/mol. The van der Waals surface area contributed by atoms with E-state index in [1.807, 2.05) is 19.1 Å². The van der Waals surface area contributed by atoms with E-state index in [4.69, 9.17) is 16.3 Å². The van der Waals surface area contributed by atoms with Crippen LogP contribution in [0, 0.1) is 6.92 Å². The lowest BCUT2D eigenvalue weighted by Gasteiger charge is -2.12. The number of halogens is 1. The van der Waals surface area contributed by atoms with Gasteiger partial charge in [-0.2, -0.15) is 0 Å². The van der Waals surface area contributed by atoms with Gasteiger partial charge in [-0.1, -0.05) is 41.9 Å². The van der Waals surface area contributed by atoms with Gasteiger partial charge in [0.05, 0.1) is 16.3 Å². The molecule has 0 radical (unpaired) electrons. The Morgan fingerprint density at radius 1 is 1.16 bits per heavy atom. The maximum absolute atomic E-state index is 11.4. The fourth-order valence-electron chi connectivity index (χ4n) is 2.52. The fourth-order valence-corrected chi connectivity index (χ4v) is 2.69. The summed E-state index contributed by atoms with van der Waals surface area (Å²) < 4.78 is 5.82. The second kappa shape index (κ2) is 7.36. The summed E-state index contributed by atoms with van der Waals surface area (Å²) in [5.74, 6) is -0.485. The fraction of sp³-hybridized carbons (Fsp3) is 0.100. The molecule has 0 unspecified atom stereocenters. The number of carboxylic acids is 1. The topological polar surface area (TPSA) is 59.4 Å². The van der Waals surface area contributed by atoms with Crippen molar-refractivity contribution in [1.29, 1.82) is 0 Å². The smallest absolute Gasteiger partial charge is 0.336 e. The Morgan fingerprint density at radius 2 is 1.96 bits per heavy atom. The Bertz CT molecular complexity index is 924. The number of hydrogen-bond acceptors (Lipinski definition) is 3. The van der Waals surface area contributed by atoms with Crippen molar-refractivity contribution in [3.8, 4) is 16.9 Å². The zero-order valence-corrected chi connectivity index (χ0v) is 14.3. The number of rotatable bonds is 5. The predicted octanol–water partition coefficient (Wildman–Crippen LogP) is 4.99. The van der Waals surface area contributed by atoms with Gasteiger partial charge in [0.25, 0.3) is 0 Å². The summed E-state index contributed by atoms with van der Waals surface area (Å²) in [6.07, 6.45) is 1.72. The van der Waals surface area contributed by atoms with E-state index < -0.39 is 5.97 Å². The van der Waals surface area contributed by atoms with Gasteiger partial charge in [-0.15, -0.1) is 0 Å². The Morgan fingerprint density at radius 3 is 2.72 bits per heavy atom. The van der Waals surface area contributed by atoms with Crippen LogP contribution >= 0.6 is 11.6 Å². The number of aryl methyl sites for hydroxylation is 1. The summed E-state index contributed by atoms with van der Waals surface area (Å²) in [5.41, 5.74) is 3.44. The number of ether oxygens (including phenoxy) is 1. The van der Waals surface area contributed by atoms with Crippen LogP contribution in [0.15, 0.2) is 60.8 Å². The van der Waals surface area contributed by atoms with Gasteiger partial charge in [0.15, 0.2) is 0 Å². The molecule has 2 aromatic carbocycles. The molecule has 1 heterocycles. The minimum atomic E-state index is -0.975. The molecule has 0 aliphatic carbocycles. The molecule has 0 saturated heterocycles. The zero-order valence-electron chi connectivity index (χ0n) is 13.6. The summed E-state index contributed by atoms with van der Waals surface area (Å²) in [4.78, 5) is 15.7. The van der Waals surface area contributed by atoms with Crippen LogP contribution in [0.3, 0.4) is 0 Å². The van der Waals surface area contributed by atoms with E-state index >= 15 is 0 Å². The summed E-state index contributed by atoms with van der Waals surface area (Å²) in [7, 11) is 0. The Hall–Kier alpha value is -2.85. The minimum absolute atomic E-state index is 0.233. The van der Waals surface area contributed by atoms with Crippen LogP contribution in [-0.2, 0) is 6.61 Å². The van der Waals surface area contributed by atoms with E-state index in [1.54, 1.807) is 48.7 Å². The molecule has 0 bridgehead atoms. The number of hydrogen-bond donors (Lipinski definition) is 1. The number of aromatic carboxylic acids is 1. The van der Waals surface area contributed by atoms with E-state index in [9.17, 15) is 9.90 Å². The van der Waals surface area contributed by atoms with Crippen molar-refractivity contribution in [2.45, 2.75) is 13.5 Å². The summed E-state index contributed by atoms with van der Waals surface area (Å²) in [6, 6.07) is 15.9. The highest BCUT2D eigenvalue weighted by Crippen LogP contribution is 2.32. The number of aromatic nitrogens is 1. The lowest BCUT2D eigenvalue weighted by atomic mass is 9.99. The maximum atomic E-state index is 11.4. The molecule has 0 spiro atoms. The first kappa shape index (κ1) is 17.0. The number of carbonyl (C=O) groups is 1. The number of carboxylic acid groups (broad SMARTS) is 1. The Balaban J connectivity index is 1.91. The monoisotopic (exact) mass is 353 g/mol. The third kappa shape index (κ3) is 3.80. The van der Waals surface area contributed by atoms with Crippen LogP contribution in [-0.4, -0.2) is 16.1 Å². The molecule has 3 rings (SSSR count). The molecular formula is C20H16ClNO3. The highest BCUT2D eigenvalue weighted by Gasteiger charge is 2.13. The van der Waals surface area contributed by atoms with Gasteiger partial charge in [0.2, 0.25) is 0 Å². The van der Waals surface area contributed by atoms with Crippen molar-refractivity contribution < 1.29 is 14.6 Å². The molecule has 0 aliphatic heterocycles. The molecule has 5 heteroatoms. The zero-order chi connectivity index (χ0) is 17.8. The molecule has 1 N–H and O–H groups in total. The van der Waals surface area contributed by atoms with Gasteiger partial charge in [0, 0.05) is 6.20 Å². The molecule has 0 aliphatic rings. The van der Waals surface area contributed by atoms with Crippen LogP contribution in [0.5, 0.6) is 5.75 Å². The largest absolute Gasteiger partial charge is 0.486 e. The van der Waals surface area contributed by atoms with E-state index in [1.165, 1.54) is 0 Å². The molecule has 126 valence electrons. The second-order valence-corrected chi connectivity index (χ2v) is 5.96. The summed E-state index contributed by atoms with van der Waals surface area (Å²) >= 11 is 6.23. The Labute approximate surface area is 150 Å². The highest BCUT2D eigenvalue weighted by molar-refractivity contribution is 6.32. The molecule has 0 fully saturated rings. The van der Waals surface area contributed by atoms with Crippen LogP contribution in [0.4, 0.5) is 0 Å². The third-order valence-electron chi connectivity index (χ3n) is 3.88. The maximum Gasteiger partial charge on any atom is 0.336 e. The molecule has 3 aromatic rings. The molecule has 0 atom stereocenters. The number of pyridine rings is 1. The van der Waals surface area contributed by atoms with Crippen molar-refractivity contribution >= 4 is 17.6 Å². The minimum Gasteiger partial charge on any atom is -0.486 e. The first-order valence-corrected chi connectivity index (χ1v) is 8.09. The molecule has 25 heavy (non-hydrogen) atoms. The molecule has 0 amide bonds. The van der Waals surface area contributed by atoms with Crippen molar-refractivity contribution in [2.75, 3.05) is 0 Å². The van der Waals surface area contributed by atoms with Crippen LogP contribution in [0.25, 0.3) is 11.1 Å². The standard InChI is InChI=1S/C20H16ClNO3/c1-13-5-4-10-22-18(13)12-25-19-11-14(8-9-17(19)21)15-6-2-3-7-16(15)20(23)24/h2-11H,12H2,1H3,(H,23,24). The molecule has 0 saturated carbocycles. The lowest BCUT2D eigenvalue weighted by Crippen LogP contribution is -2.02. The summed E-state index contributed by atoms with van der Waals surface area (Å²) in [5, 5.41) is 9.83. The SMILES string of the molecule is Cc1cccnc1COc1cc(-c2ccccc2C(=O)O)ccc1Cl. The van der Waals surface area contributed by atoms with Crippen LogP contribution < -0.4 is 4.74 Å². The average Bonchev–Trinajstić information content (AvgIpc) is 2.62. The highest BCUT2D eigenvalue weighted by atomic mass is 35.5. The first-order chi connectivity index (χ1) is 12.1. The van der Waals surface area contributed by atoms with Gasteiger partial charge in [-0.05, 0) is 47.9 Å². The van der Waals surface area contributed by atoms with E-state index in [0.29, 0.717) is 16.3 Å². The Kier molecular flexibility index (Phi) is 5.00. The van der Waals surface area contributed by atoms with Crippen molar-refractivity contribution in [1.82, 2.24) is 4.98 Å². The van der Waals surface area contributed by atoms with Gasteiger partial charge in [0.1, 0.15) is 12.4 Å². The van der Waals surface area contributed by atoms with Crippen molar-refractivity contribution in [3.63, 3.8) is 0 Å². The van der Waals surface area contributed by atoms with Crippen molar-refractivity contribution in [2.24, 2.45) is 0 Å². The quantitative estimate of drug-likeness (QED) is 0.702.